The van der Waals surface area contributed by atoms with Crippen molar-refractivity contribution < 1.29 is 14.3 Å². The van der Waals surface area contributed by atoms with E-state index in [2.05, 4.69) is 13.0 Å². The Morgan fingerprint density at radius 2 is 2.36 bits per heavy atom. The van der Waals surface area contributed by atoms with E-state index in [1.165, 1.54) is 5.56 Å². The number of aryl methyl sites for hydroxylation is 1. The van der Waals surface area contributed by atoms with Crippen LogP contribution in [0, 0.1) is 0 Å². The summed E-state index contributed by atoms with van der Waals surface area (Å²) in [6, 6.07) is 8.03. The second-order valence-electron chi connectivity index (χ2n) is 3.27. The molecule has 1 aromatic rings. The first-order valence-corrected chi connectivity index (χ1v) is 4.72. The third-order valence-electron chi connectivity index (χ3n) is 2.32. The third kappa shape index (κ3) is 1.71. The predicted molar refractivity (Wildman–Crippen MR) is 51.0 cm³/mol. The average Bonchev–Trinajstić information content (AvgIpc) is 2.65. The van der Waals surface area contributed by atoms with Crippen molar-refractivity contribution in [1.82, 2.24) is 0 Å². The van der Waals surface area contributed by atoms with Crippen molar-refractivity contribution in [2.75, 3.05) is 6.61 Å². The first-order chi connectivity index (χ1) is 6.79. The van der Waals surface area contributed by atoms with Gasteiger partial charge >= 0.3 is 6.16 Å². The molecule has 1 heterocycles. The minimum Gasteiger partial charge on any atom is -0.430 e. The summed E-state index contributed by atoms with van der Waals surface area (Å²) in [6.45, 7) is 2.42. The Bertz CT molecular complexity index is 346. The molecule has 14 heavy (non-hydrogen) atoms. The Kier molecular flexibility index (Phi) is 2.39. The van der Waals surface area contributed by atoms with E-state index in [4.69, 9.17) is 9.47 Å². The van der Waals surface area contributed by atoms with E-state index >= 15 is 0 Å². The highest BCUT2D eigenvalue weighted by Crippen LogP contribution is 2.24. The summed E-state index contributed by atoms with van der Waals surface area (Å²) in [4.78, 5) is 10.7. The molecular formula is C11H12O3. The Balaban J connectivity index is 2.19. The molecule has 0 N–H and O–H groups in total. The second kappa shape index (κ2) is 3.70. The molecular weight excluding hydrogens is 180 g/mol. The maximum atomic E-state index is 10.7. The summed E-state index contributed by atoms with van der Waals surface area (Å²) in [7, 11) is 0. The number of hydrogen-bond acceptors (Lipinski definition) is 3. The summed E-state index contributed by atoms with van der Waals surface area (Å²) < 4.78 is 9.72. The maximum Gasteiger partial charge on any atom is 0.509 e. The Morgan fingerprint density at radius 3 is 3.00 bits per heavy atom. The zero-order valence-electron chi connectivity index (χ0n) is 8.03. The van der Waals surface area contributed by atoms with Gasteiger partial charge in [0.1, 0.15) is 6.61 Å². The van der Waals surface area contributed by atoms with Crippen LogP contribution in [0.4, 0.5) is 4.79 Å². The summed E-state index contributed by atoms with van der Waals surface area (Å²) >= 11 is 0. The number of cyclic esters (lactones) is 2. The number of ether oxygens (including phenoxy) is 2. The number of rotatable bonds is 2. The van der Waals surface area contributed by atoms with Crippen LogP contribution < -0.4 is 0 Å². The van der Waals surface area contributed by atoms with Crippen LogP contribution in [0.5, 0.6) is 0 Å². The fourth-order valence-electron chi connectivity index (χ4n) is 1.51. The molecule has 1 aromatic carbocycles. The molecule has 74 valence electrons. The predicted octanol–water partition coefficient (Wildman–Crippen LogP) is 2.46. The zero-order chi connectivity index (χ0) is 9.97. The monoisotopic (exact) mass is 192 g/mol. The van der Waals surface area contributed by atoms with Gasteiger partial charge in [0.15, 0.2) is 6.10 Å². The number of carbonyl (C=O) groups excluding carboxylic acids is 1. The zero-order valence-corrected chi connectivity index (χ0v) is 8.03. The Labute approximate surface area is 82.6 Å². The molecule has 0 spiro atoms. The van der Waals surface area contributed by atoms with Gasteiger partial charge in [-0.05, 0) is 17.5 Å². The molecule has 3 heteroatoms. The minimum absolute atomic E-state index is 0.228. The van der Waals surface area contributed by atoms with Gasteiger partial charge in [-0.15, -0.1) is 0 Å². The number of carbonyl (C=O) groups is 1. The van der Waals surface area contributed by atoms with Gasteiger partial charge in [-0.3, -0.25) is 0 Å². The van der Waals surface area contributed by atoms with E-state index < -0.39 is 6.16 Å². The lowest BCUT2D eigenvalue weighted by Gasteiger charge is -2.07. The standard InChI is InChI=1S/C11H12O3/c1-2-8-4-3-5-9(6-8)10-7-13-11(12)14-10/h3-6,10H,2,7H2,1H3. The molecule has 0 radical (unpaired) electrons. The Hall–Kier alpha value is -1.51. The molecule has 0 amide bonds. The van der Waals surface area contributed by atoms with Crippen molar-refractivity contribution in [3.8, 4) is 0 Å². The second-order valence-corrected chi connectivity index (χ2v) is 3.27. The van der Waals surface area contributed by atoms with Crippen molar-refractivity contribution in [3.05, 3.63) is 35.4 Å². The van der Waals surface area contributed by atoms with Crippen LogP contribution in [0.25, 0.3) is 0 Å². The highest BCUT2D eigenvalue weighted by atomic mass is 16.8. The number of benzene rings is 1. The van der Waals surface area contributed by atoms with Gasteiger partial charge in [-0.1, -0.05) is 31.2 Å². The summed E-state index contributed by atoms with van der Waals surface area (Å²) in [5.41, 5.74) is 2.25. The molecule has 1 saturated heterocycles. The van der Waals surface area contributed by atoms with Gasteiger partial charge in [-0.2, -0.15) is 0 Å². The van der Waals surface area contributed by atoms with Crippen LogP contribution in [0.1, 0.15) is 24.2 Å². The van der Waals surface area contributed by atoms with Crippen LogP contribution in [-0.2, 0) is 15.9 Å². The van der Waals surface area contributed by atoms with E-state index in [0.717, 1.165) is 12.0 Å². The highest BCUT2D eigenvalue weighted by Gasteiger charge is 2.26. The average molecular weight is 192 g/mol. The Morgan fingerprint density at radius 1 is 1.50 bits per heavy atom. The molecule has 0 saturated carbocycles. The lowest BCUT2D eigenvalue weighted by Crippen LogP contribution is -2.00. The van der Waals surface area contributed by atoms with Gasteiger partial charge in [0.05, 0.1) is 0 Å². The van der Waals surface area contributed by atoms with Crippen LogP contribution in [0.3, 0.4) is 0 Å². The van der Waals surface area contributed by atoms with Gasteiger partial charge in [0, 0.05) is 0 Å². The molecule has 0 aliphatic carbocycles. The molecule has 3 nitrogen and oxygen atoms in total. The van der Waals surface area contributed by atoms with Crippen molar-refractivity contribution in [2.24, 2.45) is 0 Å². The SMILES string of the molecule is CCc1cccc(C2COC(=O)O2)c1. The van der Waals surface area contributed by atoms with E-state index in [1.54, 1.807) is 0 Å². The summed E-state index contributed by atoms with van der Waals surface area (Å²) in [5, 5.41) is 0. The molecule has 2 rings (SSSR count). The summed E-state index contributed by atoms with van der Waals surface area (Å²) in [6.07, 6.45) is 0.181. The topological polar surface area (TPSA) is 35.5 Å². The van der Waals surface area contributed by atoms with E-state index in [9.17, 15) is 4.79 Å². The quantitative estimate of drug-likeness (QED) is 0.675. The molecule has 1 aliphatic rings. The van der Waals surface area contributed by atoms with E-state index in [0.29, 0.717) is 6.61 Å². The van der Waals surface area contributed by atoms with Crippen LogP contribution in [-0.4, -0.2) is 12.8 Å². The molecule has 1 fully saturated rings. The first kappa shape index (κ1) is 9.06. The van der Waals surface area contributed by atoms with Crippen molar-refractivity contribution in [1.29, 1.82) is 0 Å². The van der Waals surface area contributed by atoms with Crippen molar-refractivity contribution in [3.63, 3.8) is 0 Å². The van der Waals surface area contributed by atoms with Gasteiger partial charge in [0.2, 0.25) is 0 Å². The molecule has 1 unspecified atom stereocenters. The van der Waals surface area contributed by atoms with E-state index in [-0.39, 0.29) is 6.10 Å². The smallest absolute Gasteiger partial charge is 0.430 e. The molecule has 1 atom stereocenters. The van der Waals surface area contributed by atoms with E-state index in [1.807, 2.05) is 18.2 Å². The number of hydrogen-bond donors (Lipinski definition) is 0. The lowest BCUT2D eigenvalue weighted by molar-refractivity contribution is 0.118. The van der Waals surface area contributed by atoms with Gasteiger partial charge < -0.3 is 9.47 Å². The van der Waals surface area contributed by atoms with Gasteiger partial charge in [-0.25, -0.2) is 4.79 Å². The molecule has 0 bridgehead atoms. The largest absolute Gasteiger partial charge is 0.509 e. The van der Waals surface area contributed by atoms with Crippen molar-refractivity contribution in [2.45, 2.75) is 19.4 Å². The first-order valence-electron chi connectivity index (χ1n) is 4.72. The summed E-state index contributed by atoms with van der Waals surface area (Å²) in [5.74, 6) is 0. The van der Waals surface area contributed by atoms with Crippen LogP contribution in [0.15, 0.2) is 24.3 Å². The fourth-order valence-corrected chi connectivity index (χ4v) is 1.51. The van der Waals surface area contributed by atoms with Crippen LogP contribution >= 0.6 is 0 Å². The normalized spacial score (nSPS) is 20.4. The third-order valence-corrected chi connectivity index (χ3v) is 2.32. The molecule has 1 aliphatic heterocycles. The fraction of sp³-hybridized carbons (Fsp3) is 0.364. The van der Waals surface area contributed by atoms with Crippen LogP contribution in [0.2, 0.25) is 0 Å². The lowest BCUT2D eigenvalue weighted by atomic mass is 10.1. The van der Waals surface area contributed by atoms with Gasteiger partial charge in [0.25, 0.3) is 0 Å². The minimum atomic E-state index is -0.572. The van der Waals surface area contributed by atoms with Crippen molar-refractivity contribution >= 4 is 6.16 Å². The molecule has 0 aromatic heterocycles. The highest BCUT2D eigenvalue weighted by molar-refractivity contribution is 5.62. The maximum absolute atomic E-state index is 10.7.